The molecule has 3 rings (SSSR count). The van der Waals surface area contributed by atoms with E-state index in [9.17, 15) is 0 Å². The first kappa shape index (κ1) is 10.1. The summed E-state index contributed by atoms with van der Waals surface area (Å²) in [5.41, 5.74) is 8.38. The molecule has 0 spiro atoms. The number of hydrogen-bond donors (Lipinski definition) is 1. The van der Waals surface area contributed by atoms with Gasteiger partial charge in [0.15, 0.2) is 0 Å². The lowest BCUT2D eigenvalue weighted by molar-refractivity contribution is 0.751. The molecule has 1 atom stereocenters. The summed E-state index contributed by atoms with van der Waals surface area (Å²) in [5, 5.41) is 0. The van der Waals surface area contributed by atoms with E-state index in [0.717, 1.165) is 12.2 Å². The van der Waals surface area contributed by atoms with Crippen molar-refractivity contribution in [3.8, 4) is 0 Å². The second-order valence-corrected chi connectivity index (χ2v) is 4.47. The summed E-state index contributed by atoms with van der Waals surface area (Å²) in [7, 11) is 0. The maximum atomic E-state index is 5.75. The molecule has 0 saturated heterocycles. The molecule has 0 aliphatic carbocycles. The lowest BCUT2D eigenvalue weighted by Gasteiger charge is -2.23. The molecule has 1 aliphatic rings. The topological polar surface area (TPSA) is 42.1 Å². The Labute approximate surface area is 101 Å². The van der Waals surface area contributed by atoms with E-state index >= 15 is 0 Å². The summed E-state index contributed by atoms with van der Waals surface area (Å²) < 4.78 is 0. The molecule has 1 unspecified atom stereocenters. The van der Waals surface area contributed by atoms with E-state index in [-0.39, 0.29) is 0 Å². The van der Waals surface area contributed by atoms with Crippen LogP contribution >= 0.6 is 0 Å². The maximum absolute atomic E-state index is 5.75. The molecule has 0 fully saturated rings. The molecule has 86 valence electrons. The third-order valence-electron chi connectivity index (χ3n) is 3.21. The molecule has 3 heteroatoms. The van der Waals surface area contributed by atoms with Gasteiger partial charge in [0.2, 0.25) is 0 Å². The van der Waals surface area contributed by atoms with Crippen LogP contribution in [-0.2, 0) is 6.42 Å². The van der Waals surface area contributed by atoms with Crippen LogP contribution in [0.15, 0.2) is 42.5 Å². The molecule has 0 amide bonds. The first-order valence-electron chi connectivity index (χ1n) is 5.85. The van der Waals surface area contributed by atoms with Crippen LogP contribution in [0.25, 0.3) is 0 Å². The Hall–Kier alpha value is -2.03. The average molecular weight is 225 g/mol. The van der Waals surface area contributed by atoms with Crippen LogP contribution in [0.4, 0.5) is 17.3 Å². The van der Waals surface area contributed by atoms with Crippen molar-refractivity contribution in [1.82, 2.24) is 4.98 Å². The van der Waals surface area contributed by atoms with Crippen molar-refractivity contribution in [2.24, 2.45) is 0 Å². The molecule has 0 saturated carbocycles. The quantitative estimate of drug-likeness (QED) is 0.811. The van der Waals surface area contributed by atoms with E-state index in [2.05, 4.69) is 41.1 Å². The smallest absolute Gasteiger partial charge is 0.135 e. The number of nitrogens with two attached hydrogens (primary N) is 1. The van der Waals surface area contributed by atoms with Gasteiger partial charge in [0, 0.05) is 11.7 Å². The summed E-state index contributed by atoms with van der Waals surface area (Å²) in [4.78, 5) is 6.66. The second-order valence-electron chi connectivity index (χ2n) is 4.47. The standard InChI is InChI=1S/C14H15N3/c1-10-9-11-5-2-3-6-12(11)17(10)14-8-4-7-13(15)16-14/h2-8,10H,9H2,1H3,(H2,15,16). The summed E-state index contributed by atoms with van der Waals surface area (Å²) in [5.74, 6) is 1.50. The lowest BCUT2D eigenvalue weighted by Crippen LogP contribution is -2.24. The predicted octanol–water partition coefficient (Wildman–Crippen LogP) is 2.75. The fourth-order valence-electron chi connectivity index (χ4n) is 2.49. The number of benzene rings is 1. The van der Waals surface area contributed by atoms with Crippen LogP contribution in [0.3, 0.4) is 0 Å². The van der Waals surface area contributed by atoms with Gasteiger partial charge in [-0.05, 0) is 37.1 Å². The minimum atomic E-state index is 0.432. The lowest BCUT2D eigenvalue weighted by atomic mass is 10.1. The van der Waals surface area contributed by atoms with Crippen LogP contribution in [-0.4, -0.2) is 11.0 Å². The average Bonchev–Trinajstić information content (AvgIpc) is 2.64. The van der Waals surface area contributed by atoms with E-state index in [1.165, 1.54) is 11.3 Å². The molecule has 2 aromatic rings. The fourth-order valence-corrected chi connectivity index (χ4v) is 2.49. The zero-order valence-electron chi connectivity index (χ0n) is 9.80. The molecule has 1 aliphatic heterocycles. The number of rotatable bonds is 1. The van der Waals surface area contributed by atoms with Crippen LogP contribution in [0, 0.1) is 0 Å². The Balaban J connectivity index is 2.09. The van der Waals surface area contributed by atoms with Gasteiger partial charge in [-0.2, -0.15) is 0 Å². The van der Waals surface area contributed by atoms with E-state index in [4.69, 9.17) is 5.73 Å². The number of pyridine rings is 1. The summed E-state index contributed by atoms with van der Waals surface area (Å²) in [6.07, 6.45) is 1.06. The van der Waals surface area contributed by atoms with Gasteiger partial charge in [-0.3, -0.25) is 0 Å². The number of anilines is 3. The SMILES string of the molecule is CC1Cc2ccccc2N1c1cccc(N)n1. The Kier molecular flexibility index (Phi) is 2.25. The van der Waals surface area contributed by atoms with Crippen molar-refractivity contribution in [3.05, 3.63) is 48.0 Å². The predicted molar refractivity (Wildman–Crippen MR) is 70.4 cm³/mol. The Bertz CT molecular complexity index is 551. The molecule has 1 aromatic carbocycles. The van der Waals surface area contributed by atoms with Crippen molar-refractivity contribution < 1.29 is 0 Å². The van der Waals surface area contributed by atoms with Crippen LogP contribution in [0.1, 0.15) is 12.5 Å². The van der Waals surface area contributed by atoms with Crippen LogP contribution in [0.2, 0.25) is 0 Å². The largest absolute Gasteiger partial charge is 0.384 e. The first-order chi connectivity index (χ1) is 8.25. The van der Waals surface area contributed by atoms with Crippen molar-refractivity contribution in [1.29, 1.82) is 0 Å². The normalized spacial score (nSPS) is 18.2. The van der Waals surface area contributed by atoms with E-state index < -0.39 is 0 Å². The highest BCUT2D eigenvalue weighted by molar-refractivity contribution is 5.69. The van der Waals surface area contributed by atoms with Crippen LogP contribution < -0.4 is 10.6 Å². The third-order valence-corrected chi connectivity index (χ3v) is 3.21. The Morgan fingerprint density at radius 3 is 2.82 bits per heavy atom. The van der Waals surface area contributed by atoms with Crippen LogP contribution in [0.5, 0.6) is 0 Å². The molecule has 0 radical (unpaired) electrons. The molecule has 2 N–H and O–H groups in total. The van der Waals surface area contributed by atoms with Crippen molar-refractivity contribution in [2.45, 2.75) is 19.4 Å². The third kappa shape index (κ3) is 1.64. The molecular weight excluding hydrogens is 210 g/mol. The van der Waals surface area contributed by atoms with Gasteiger partial charge in [-0.1, -0.05) is 24.3 Å². The van der Waals surface area contributed by atoms with Crippen molar-refractivity contribution >= 4 is 17.3 Å². The highest BCUT2D eigenvalue weighted by Gasteiger charge is 2.27. The van der Waals surface area contributed by atoms with E-state index in [1.54, 1.807) is 0 Å². The number of para-hydroxylation sites is 1. The molecule has 0 bridgehead atoms. The van der Waals surface area contributed by atoms with Crippen molar-refractivity contribution in [2.75, 3.05) is 10.6 Å². The highest BCUT2D eigenvalue weighted by Crippen LogP contribution is 2.37. The number of hydrogen-bond acceptors (Lipinski definition) is 3. The Morgan fingerprint density at radius 2 is 2.00 bits per heavy atom. The highest BCUT2D eigenvalue weighted by atomic mass is 15.2. The van der Waals surface area contributed by atoms with Gasteiger partial charge in [0.25, 0.3) is 0 Å². The van der Waals surface area contributed by atoms with Gasteiger partial charge < -0.3 is 10.6 Å². The number of aromatic nitrogens is 1. The fraction of sp³-hybridized carbons (Fsp3) is 0.214. The molecule has 17 heavy (non-hydrogen) atoms. The minimum absolute atomic E-state index is 0.432. The zero-order chi connectivity index (χ0) is 11.8. The van der Waals surface area contributed by atoms with E-state index in [1.807, 2.05) is 18.2 Å². The maximum Gasteiger partial charge on any atom is 0.135 e. The molecular formula is C14H15N3. The summed E-state index contributed by atoms with van der Waals surface area (Å²) >= 11 is 0. The molecule has 3 nitrogen and oxygen atoms in total. The molecule has 2 heterocycles. The van der Waals surface area contributed by atoms with Gasteiger partial charge in [-0.25, -0.2) is 4.98 Å². The number of nitrogens with zero attached hydrogens (tertiary/aromatic N) is 2. The summed E-state index contributed by atoms with van der Waals surface area (Å²) in [6.45, 7) is 2.21. The first-order valence-corrected chi connectivity index (χ1v) is 5.85. The minimum Gasteiger partial charge on any atom is -0.384 e. The number of nitrogen functional groups attached to an aromatic ring is 1. The van der Waals surface area contributed by atoms with Gasteiger partial charge >= 0.3 is 0 Å². The van der Waals surface area contributed by atoms with Gasteiger partial charge in [-0.15, -0.1) is 0 Å². The van der Waals surface area contributed by atoms with Gasteiger partial charge in [0.05, 0.1) is 0 Å². The number of fused-ring (bicyclic) bond motifs is 1. The molecule has 1 aromatic heterocycles. The summed E-state index contributed by atoms with van der Waals surface area (Å²) in [6, 6.07) is 14.7. The van der Waals surface area contributed by atoms with Gasteiger partial charge in [0.1, 0.15) is 11.6 Å². The second kappa shape index (κ2) is 3.77. The monoisotopic (exact) mass is 225 g/mol. The Morgan fingerprint density at radius 1 is 1.18 bits per heavy atom. The van der Waals surface area contributed by atoms with Crippen molar-refractivity contribution in [3.63, 3.8) is 0 Å². The van der Waals surface area contributed by atoms with E-state index in [0.29, 0.717) is 11.9 Å². The zero-order valence-corrected chi connectivity index (χ0v) is 9.80.